The van der Waals surface area contributed by atoms with Crippen LogP contribution in [0, 0.1) is 23.5 Å². The first kappa shape index (κ1) is 41.0. The lowest BCUT2D eigenvalue weighted by molar-refractivity contribution is -0.237. The molecule has 3 aromatic rings. The molecule has 0 aromatic heterocycles. The van der Waals surface area contributed by atoms with E-state index in [9.17, 15) is 4.79 Å². The van der Waals surface area contributed by atoms with E-state index >= 15 is 8.78 Å². The van der Waals surface area contributed by atoms with Crippen molar-refractivity contribution in [3.63, 3.8) is 0 Å². The van der Waals surface area contributed by atoms with Crippen molar-refractivity contribution < 1.29 is 37.3 Å². The van der Waals surface area contributed by atoms with E-state index < -0.39 is 35.7 Å². The van der Waals surface area contributed by atoms with Gasteiger partial charge in [-0.2, -0.15) is 0 Å². The minimum absolute atomic E-state index is 0.0451. The number of halogens is 2. The Hall–Kier alpha value is -3.17. The van der Waals surface area contributed by atoms with Crippen LogP contribution in [0.5, 0.6) is 5.75 Å². The third kappa shape index (κ3) is 11.7. The number of ether oxygens (including phenoxy) is 5. The van der Waals surface area contributed by atoms with Gasteiger partial charge in [0.15, 0.2) is 24.2 Å². The number of rotatable bonds is 19. The Morgan fingerprint density at radius 2 is 1.09 bits per heavy atom. The number of hydrogen-bond acceptors (Lipinski definition) is 6. The van der Waals surface area contributed by atoms with Gasteiger partial charge in [-0.15, -0.1) is 0 Å². The van der Waals surface area contributed by atoms with E-state index in [4.69, 9.17) is 23.7 Å². The Balaban J connectivity index is 1.10. The van der Waals surface area contributed by atoms with Crippen LogP contribution in [0.3, 0.4) is 0 Å². The minimum Gasteiger partial charge on any atom is -0.423 e. The zero-order valence-electron chi connectivity index (χ0n) is 32.3. The molecule has 53 heavy (non-hydrogen) atoms. The molecule has 0 spiro atoms. The van der Waals surface area contributed by atoms with Gasteiger partial charge in [-0.05, 0) is 50.5 Å². The maximum Gasteiger partial charge on any atom is 0.346 e. The van der Waals surface area contributed by atoms with E-state index in [0.717, 1.165) is 24.0 Å². The predicted octanol–water partition coefficient (Wildman–Crippen LogP) is 12.5. The van der Waals surface area contributed by atoms with Crippen LogP contribution in [0.15, 0.2) is 60.7 Å². The Labute approximate surface area is 315 Å². The second-order valence-corrected chi connectivity index (χ2v) is 15.0. The zero-order valence-corrected chi connectivity index (χ0v) is 32.3. The molecule has 2 aliphatic rings. The van der Waals surface area contributed by atoms with Gasteiger partial charge in [-0.1, -0.05) is 133 Å². The molecule has 2 unspecified atom stereocenters. The van der Waals surface area contributed by atoms with Gasteiger partial charge in [0.2, 0.25) is 0 Å². The third-order valence-electron chi connectivity index (χ3n) is 10.9. The van der Waals surface area contributed by atoms with E-state index in [0.29, 0.717) is 30.6 Å². The van der Waals surface area contributed by atoms with Crippen LogP contribution in [0.4, 0.5) is 8.78 Å². The van der Waals surface area contributed by atoms with Crippen LogP contribution in [0.25, 0.3) is 11.1 Å². The molecule has 2 saturated heterocycles. The number of benzene rings is 3. The van der Waals surface area contributed by atoms with E-state index in [1.165, 1.54) is 89.2 Å². The second-order valence-electron chi connectivity index (χ2n) is 15.0. The van der Waals surface area contributed by atoms with Gasteiger partial charge in [0.1, 0.15) is 5.75 Å². The summed E-state index contributed by atoms with van der Waals surface area (Å²) in [6.07, 6.45) is 16.4. The van der Waals surface area contributed by atoms with E-state index in [1.54, 1.807) is 36.4 Å². The molecule has 6 nitrogen and oxygen atoms in total. The van der Waals surface area contributed by atoms with E-state index in [2.05, 4.69) is 27.7 Å². The van der Waals surface area contributed by atoms with Crippen molar-refractivity contribution in [2.75, 3.05) is 13.2 Å². The van der Waals surface area contributed by atoms with Crippen LogP contribution >= 0.6 is 0 Å². The highest BCUT2D eigenvalue weighted by Crippen LogP contribution is 2.35. The molecule has 0 N–H and O–H groups in total. The van der Waals surface area contributed by atoms with Crippen molar-refractivity contribution in [3.8, 4) is 16.9 Å². The second kappa shape index (κ2) is 21.1. The normalized spacial score (nSPS) is 23.2. The number of hydrogen-bond donors (Lipinski definition) is 0. The molecule has 8 heteroatoms. The van der Waals surface area contributed by atoms with Crippen LogP contribution in [-0.2, 0) is 18.9 Å². The highest BCUT2D eigenvalue weighted by molar-refractivity contribution is 5.92. The first-order valence-electron chi connectivity index (χ1n) is 20.2. The molecule has 0 saturated carbocycles. The van der Waals surface area contributed by atoms with Gasteiger partial charge in [-0.25, -0.2) is 13.6 Å². The van der Waals surface area contributed by atoms with E-state index in [-0.39, 0.29) is 23.5 Å². The summed E-state index contributed by atoms with van der Waals surface area (Å²) in [5.41, 5.74) is 1.65. The summed E-state index contributed by atoms with van der Waals surface area (Å²) in [4.78, 5) is 12.9. The lowest BCUT2D eigenvalue weighted by Gasteiger charge is -2.35. The van der Waals surface area contributed by atoms with Crippen LogP contribution in [-0.4, -0.2) is 31.4 Å². The zero-order chi connectivity index (χ0) is 37.6. The largest absolute Gasteiger partial charge is 0.423 e. The maximum absolute atomic E-state index is 15.4. The molecule has 2 fully saturated rings. The fourth-order valence-corrected chi connectivity index (χ4v) is 7.35. The van der Waals surface area contributed by atoms with Crippen molar-refractivity contribution in [2.45, 2.75) is 142 Å². The monoisotopic (exact) mass is 734 g/mol. The Morgan fingerprint density at radius 3 is 1.58 bits per heavy atom. The molecular formula is C45H60F2O6. The molecule has 290 valence electrons. The molecule has 6 atom stereocenters. The molecule has 2 aliphatic heterocycles. The van der Waals surface area contributed by atoms with Gasteiger partial charge < -0.3 is 23.7 Å². The average molecular weight is 735 g/mol. The molecule has 5 rings (SSSR count). The minimum atomic E-state index is -1.26. The van der Waals surface area contributed by atoms with Crippen molar-refractivity contribution >= 4 is 5.97 Å². The molecular weight excluding hydrogens is 674 g/mol. The Bertz CT molecular complexity index is 1540. The molecule has 2 heterocycles. The summed E-state index contributed by atoms with van der Waals surface area (Å²) in [7, 11) is 0. The van der Waals surface area contributed by atoms with Gasteiger partial charge >= 0.3 is 5.97 Å². The SMILES string of the molecule is CCCCCCCC[C@@H]1CO[C@@H](c2ccc(OC(=O)c3ccc(-c4ccc([C@@H]5OC[C@@H](CCCCCCCC)C(C)O5)cc4)c(F)c3F)cc2)OC1C. The number of unbranched alkanes of at least 4 members (excludes halogenated alkanes) is 10. The lowest BCUT2D eigenvalue weighted by atomic mass is 9.95. The lowest BCUT2D eigenvalue weighted by Crippen LogP contribution is -2.34. The number of carbonyl (C=O) groups excluding carboxylic acids is 1. The summed E-state index contributed by atoms with van der Waals surface area (Å²) >= 11 is 0. The quantitative estimate of drug-likeness (QED) is 0.0694. The van der Waals surface area contributed by atoms with Crippen LogP contribution < -0.4 is 4.74 Å². The molecule has 0 aliphatic carbocycles. The topological polar surface area (TPSA) is 63.2 Å². The molecule has 0 amide bonds. The summed E-state index contributed by atoms with van der Waals surface area (Å²) in [5, 5.41) is 0. The molecule has 0 bridgehead atoms. The average Bonchev–Trinajstić information content (AvgIpc) is 3.17. The van der Waals surface area contributed by atoms with Gasteiger partial charge in [0.25, 0.3) is 0 Å². The fourth-order valence-electron chi connectivity index (χ4n) is 7.35. The molecule has 0 radical (unpaired) electrons. The number of carbonyl (C=O) groups is 1. The van der Waals surface area contributed by atoms with E-state index in [1.807, 2.05) is 12.1 Å². The third-order valence-corrected chi connectivity index (χ3v) is 10.9. The summed E-state index contributed by atoms with van der Waals surface area (Å²) in [6, 6.07) is 16.4. The van der Waals surface area contributed by atoms with Crippen LogP contribution in [0.1, 0.15) is 152 Å². The van der Waals surface area contributed by atoms with Crippen molar-refractivity contribution in [1.82, 2.24) is 0 Å². The van der Waals surface area contributed by atoms with Gasteiger partial charge in [0, 0.05) is 28.5 Å². The van der Waals surface area contributed by atoms with Crippen molar-refractivity contribution in [3.05, 3.63) is 89.0 Å². The van der Waals surface area contributed by atoms with Crippen LogP contribution in [0.2, 0.25) is 0 Å². The molecule has 3 aromatic carbocycles. The maximum atomic E-state index is 15.4. The highest BCUT2D eigenvalue weighted by Gasteiger charge is 2.31. The predicted molar refractivity (Wildman–Crippen MR) is 205 cm³/mol. The standard InChI is InChI=1S/C45H60F2O6/c1-5-7-9-11-13-15-17-36-29-49-44(51-31(36)3)34-21-19-33(20-22-34)39-27-28-40(42(47)41(39)46)43(48)53-38-25-23-35(24-26-38)45-50-30-37(32(4)52-45)18-16-14-12-10-8-6-2/h19-28,31-32,36-37,44-45H,5-18,29-30H2,1-4H3/t31?,32?,36-,37-,44-,45-/m1/s1. The highest BCUT2D eigenvalue weighted by atomic mass is 19.2. The first-order valence-corrected chi connectivity index (χ1v) is 20.2. The Morgan fingerprint density at radius 1 is 0.623 bits per heavy atom. The van der Waals surface area contributed by atoms with Gasteiger partial charge in [-0.3, -0.25) is 0 Å². The Kier molecular flexibility index (Phi) is 16.3. The van der Waals surface area contributed by atoms with Crippen molar-refractivity contribution in [2.24, 2.45) is 11.8 Å². The fraction of sp³-hybridized carbons (Fsp3) is 0.578. The smallest absolute Gasteiger partial charge is 0.346 e. The number of esters is 1. The summed E-state index contributed by atoms with van der Waals surface area (Å²) in [5.74, 6) is -2.43. The summed E-state index contributed by atoms with van der Waals surface area (Å²) < 4.78 is 60.6. The summed E-state index contributed by atoms with van der Waals surface area (Å²) in [6.45, 7) is 9.91. The van der Waals surface area contributed by atoms with Crippen molar-refractivity contribution in [1.29, 1.82) is 0 Å². The first-order chi connectivity index (χ1) is 25.8. The van der Waals surface area contributed by atoms with Gasteiger partial charge in [0.05, 0.1) is 31.0 Å².